The van der Waals surface area contributed by atoms with E-state index in [2.05, 4.69) is 53.9 Å². The van der Waals surface area contributed by atoms with E-state index in [1.165, 1.54) is 23.5 Å². The fraction of sp³-hybridized carbons (Fsp3) is 0.179. The summed E-state index contributed by atoms with van der Waals surface area (Å²) in [5, 5.41) is 2.00. The summed E-state index contributed by atoms with van der Waals surface area (Å²) in [6.45, 7) is 4.21. The molecule has 6 heteroatoms. The zero-order valence-corrected chi connectivity index (χ0v) is 21.0. The standard InChI is InChI=1S/C28H19F2NS3/c1-3-4-5-6-7-19-8-9-20(18(2)12-19)10-11-22-15-26-27(33-22)16-25(34-26)21-13-23(29)28(31-17-32)24(30)14-21/h8-9,12-16H,3-5H2,1-2H3. The summed E-state index contributed by atoms with van der Waals surface area (Å²) < 4.78 is 30.5. The molecule has 0 saturated carbocycles. The van der Waals surface area contributed by atoms with Gasteiger partial charge in [-0.3, -0.25) is 0 Å². The van der Waals surface area contributed by atoms with E-state index in [1.54, 1.807) is 11.3 Å². The maximum atomic E-state index is 14.2. The largest absolute Gasteiger partial charge is 0.204 e. The molecule has 2 aromatic carbocycles. The molecule has 0 bridgehead atoms. The summed E-state index contributed by atoms with van der Waals surface area (Å²) in [4.78, 5) is 5.18. The zero-order valence-electron chi connectivity index (χ0n) is 18.6. The smallest absolute Gasteiger partial charge is 0.153 e. The summed E-state index contributed by atoms with van der Waals surface area (Å²) in [5.41, 5.74) is 3.13. The number of unbranched alkanes of at least 4 members (excludes halogenated alkanes) is 2. The Morgan fingerprint density at radius 1 is 0.941 bits per heavy atom. The molecular weight excluding hydrogens is 485 g/mol. The second-order valence-corrected chi connectivity index (χ2v) is 9.98. The molecule has 0 fully saturated rings. The van der Waals surface area contributed by atoms with Gasteiger partial charge < -0.3 is 0 Å². The second-order valence-electron chi connectivity index (χ2n) is 7.63. The van der Waals surface area contributed by atoms with Crippen molar-refractivity contribution in [3.63, 3.8) is 0 Å². The molecule has 0 saturated heterocycles. The number of benzene rings is 2. The van der Waals surface area contributed by atoms with Crippen LogP contribution in [-0.4, -0.2) is 5.16 Å². The Morgan fingerprint density at radius 3 is 2.38 bits per heavy atom. The summed E-state index contributed by atoms with van der Waals surface area (Å²) in [7, 11) is 0. The molecule has 0 aliphatic carbocycles. The maximum absolute atomic E-state index is 14.2. The Balaban J connectivity index is 1.55. The average Bonchev–Trinajstić information content (AvgIpc) is 3.37. The highest BCUT2D eigenvalue weighted by Crippen LogP contribution is 2.39. The molecule has 0 amide bonds. The molecule has 0 unspecified atom stereocenters. The lowest BCUT2D eigenvalue weighted by molar-refractivity contribution is 0.588. The fourth-order valence-corrected chi connectivity index (χ4v) is 5.67. The predicted molar refractivity (Wildman–Crippen MR) is 143 cm³/mol. The van der Waals surface area contributed by atoms with Crippen molar-refractivity contribution >= 4 is 55.1 Å². The molecule has 168 valence electrons. The van der Waals surface area contributed by atoms with Crippen LogP contribution in [-0.2, 0) is 0 Å². The van der Waals surface area contributed by atoms with E-state index in [-0.39, 0.29) is 0 Å². The van der Waals surface area contributed by atoms with Gasteiger partial charge in [0.15, 0.2) is 11.6 Å². The van der Waals surface area contributed by atoms with Crippen molar-refractivity contribution in [2.75, 3.05) is 0 Å². The van der Waals surface area contributed by atoms with E-state index in [0.29, 0.717) is 5.56 Å². The molecule has 0 N–H and O–H groups in total. The van der Waals surface area contributed by atoms with E-state index in [4.69, 9.17) is 0 Å². The van der Waals surface area contributed by atoms with Gasteiger partial charge >= 0.3 is 0 Å². The molecule has 34 heavy (non-hydrogen) atoms. The summed E-state index contributed by atoms with van der Waals surface area (Å²) in [6, 6.07) is 12.6. The first kappa shape index (κ1) is 24.0. The number of rotatable bonds is 4. The van der Waals surface area contributed by atoms with Crippen LogP contribution in [0.25, 0.3) is 19.8 Å². The number of hydrogen-bond donors (Lipinski definition) is 0. The second kappa shape index (κ2) is 10.9. The summed E-state index contributed by atoms with van der Waals surface area (Å²) in [6.07, 6.45) is 3.20. The number of aryl methyl sites for hydroxylation is 1. The lowest BCUT2D eigenvalue weighted by Gasteiger charge is -2.02. The van der Waals surface area contributed by atoms with E-state index >= 15 is 0 Å². The van der Waals surface area contributed by atoms with Crippen LogP contribution in [0, 0.1) is 42.2 Å². The Morgan fingerprint density at radius 2 is 1.71 bits per heavy atom. The molecule has 0 spiro atoms. The van der Waals surface area contributed by atoms with Gasteiger partial charge in [0.05, 0.1) is 10.0 Å². The third-order valence-electron chi connectivity index (χ3n) is 5.10. The van der Waals surface area contributed by atoms with Crippen LogP contribution < -0.4 is 0 Å². The number of thiocarbonyl (C=S) groups is 1. The number of hydrogen-bond acceptors (Lipinski definition) is 4. The molecule has 0 radical (unpaired) electrons. The van der Waals surface area contributed by atoms with Crippen molar-refractivity contribution in [1.82, 2.24) is 0 Å². The number of halogens is 2. The molecule has 2 aromatic heterocycles. The minimum Gasteiger partial charge on any atom is -0.204 e. The predicted octanol–water partition coefficient (Wildman–Crippen LogP) is 8.89. The van der Waals surface area contributed by atoms with E-state index in [0.717, 1.165) is 55.1 Å². The Kier molecular flexibility index (Phi) is 7.68. The Hall–Kier alpha value is -3.12. The highest BCUT2D eigenvalue weighted by Gasteiger charge is 2.14. The topological polar surface area (TPSA) is 12.4 Å². The van der Waals surface area contributed by atoms with Crippen LogP contribution in [0.2, 0.25) is 0 Å². The van der Waals surface area contributed by atoms with Crippen LogP contribution >= 0.6 is 34.9 Å². The van der Waals surface area contributed by atoms with Crippen LogP contribution in [0.4, 0.5) is 14.5 Å². The van der Waals surface area contributed by atoms with Gasteiger partial charge in [0.1, 0.15) is 5.69 Å². The highest BCUT2D eigenvalue weighted by atomic mass is 32.1. The van der Waals surface area contributed by atoms with Crippen molar-refractivity contribution in [2.24, 2.45) is 4.99 Å². The normalized spacial score (nSPS) is 10.2. The van der Waals surface area contributed by atoms with Gasteiger partial charge in [-0.15, -0.1) is 22.7 Å². The number of aliphatic imine (C=N–C) groups is 1. The monoisotopic (exact) mass is 503 g/mol. The third-order valence-corrected chi connectivity index (χ3v) is 7.45. The summed E-state index contributed by atoms with van der Waals surface area (Å²) in [5.74, 6) is 11.4. The minimum absolute atomic E-state index is 0.415. The first-order chi connectivity index (χ1) is 16.5. The molecule has 4 aromatic rings. The number of fused-ring (bicyclic) bond motifs is 1. The van der Waals surface area contributed by atoms with Crippen LogP contribution in [0.1, 0.15) is 47.8 Å². The van der Waals surface area contributed by atoms with Crippen molar-refractivity contribution in [1.29, 1.82) is 0 Å². The zero-order chi connectivity index (χ0) is 24.1. The lowest BCUT2D eigenvalue weighted by Crippen LogP contribution is -1.85. The van der Waals surface area contributed by atoms with Crippen molar-refractivity contribution in [2.45, 2.75) is 33.1 Å². The lowest BCUT2D eigenvalue weighted by atomic mass is 10.1. The number of nitrogens with zero attached hydrogens (tertiary/aromatic N) is 1. The number of thiophene rings is 2. The molecule has 0 atom stereocenters. The minimum atomic E-state index is -0.760. The summed E-state index contributed by atoms with van der Waals surface area (Å²) >= 11 is 7.48. The quantitative estimate of drug-likeness (QED) is 0.117. The van der Waals surface area contributed by atoms with Crippen LogP contribution in [0.15, 0.2) is 47.5 Å². The fourth-order valence-electron chi connectivity index (χ4n) is 3.34. The Bertz CT molecular complexity index is 1490. The van der Waals surface area contributed by atoms with Gasteiger partial charge in [0.25, 0.3) is 0 Å². The van der Waals surface area contributed by atoms with Crippen molar-refractivity contribution in [3.05, 3.63) is 75.7 Å². The van der Waals surface area contributed by atoms with Gasteiger partial charge in [0, 0.05) is 31.8 Å². The van der Waals surface area contributed by atoms with Crippen molar-refractivity contribution < 1.29 is 8.78 Å². The Labute approximate surface area is 211 Å². The first-order valence-electron chi connectivity index (χ1n) is 10.7. The van der Waals surface area contributed by atoms with E-state index < -0.39 is 17.3 Å². The van der Waals surface area contributed by atoms with Crippen LogP contribution in [0.5, 0.6) is 0 Å². The molecule has 0 aliphatic heterocycles. The van der Waals surface area contributed by atoms with Gasteiger partial charge in [0.2, 0.25) is 0 Å². The molecule has 0 aliphatic rings. The maximum Gasteiger partial charge on any atom is 0.153 e. The average molecular weight is 504 g/mol. The van der Waals surface area contributed by atoms with E-state index in [9.17, 15) is 8.78 Å². The van der Waals surface area contributed by atoms with Gasteiger partial charge in [-0.25, -0.2) is 8.78 Å². The van der Waals surface area contributed by atoms with Crippen LogP contribution in [0.3, 0.4) is 0 Å². The van der Waals surface area contributed by atoms with Crippen molar-refractivity contribution in [3.8, 4) is 34.1 Å². The van der Waals surface area contributed by atoms with Gasteiger partial charge in [-0.2, -0.15) is 4.99 Å². The molecule has 1 nitrogen and oxygen atoms in total. The SMILES string of the molecule is CCCCC#Cc1ccc(C#Cc2cc3sc(-c4cc(F)c(N=C=S)c(F)c4)cc3s2)c(C)c1. The third kappa shape index (κ3) is 5.50. The van der Waals surface area contributed by atoms with Gasteiger partial charge in [-0.05, 0) is 79.2 Å². The highest BCUT2D eigenvalue weighted by molar-refractivity contribution is 7.78. The van der Waals surface area contributed by atoms with E-state index in [1.807, 2.05) is 36.4 Å². The number of isothiocyanates is 1. The molecule has 4 rings (SSSR count). The first-order valence-corrected chi connectivity index (χ1v) is 12.7. The molecular formula is C28H19F2NS3. The van der Waals surface area contributed by atoms with Gasteiger partial charge in [-0.1, -0.05) is 37.0 Å². The molecule has 2 heterocycles.